The lowest BCUT2D eigenvalue weighted by molar-refractivity contribution is 0.0329. The van der Waals surface area contributed by atoms with Crippen LogP contribution in [0.4, 0.5) is 0 Å². The molecule has 3 atom stereocenters. The first-order valence-corrected chi connectivity index (χ1v) is 8.44. The Hall–Kier alpha value is -2.52. The molecule has 2 aliphatic heterocycles. The predicted octanol–water partition coefficient (Wildman–Crippen LogP) is 0.906. The Bertz CT molecular complexity index is 829. The van der Waals surface area contributed by atoms with Crippen LogP contribution in [0.2, 0.25) is 0 Å². The van der Waals surface area contributed by atoms with E-state index in [1.165, 1.54) is 6.20 Å². The highest BCUT2D eigenvalue weighted by Gasteiger charge is 2.29. The maximum absolute atomic E-state index is 12.5. The van der Waals surface area contributed by atoms with E-state index in [1.54, 1.807) is 12.1 Å². The lowest BCUT2D eigenvalue weighted by Crippen LogP contribution is -2.29. The van der Waals surface area contributed by atoms with Crippen molar-refractivity contribution in [3.63, 3.8) is 0 Å². The second kappa shape index (κ2) is 7.00. The molecule has 2 aromatic rings. The fourth-order valence-corrected chi connectivity index (χ4v) is 3.11. The minimum Gasteiger partial charge on any atom is -0.491 e. The Morgan fingerprint density at radius 3 is 3.04 bits per heavy atom. The van der Waals surface area contributed by atoms with Gasteiger partial charge in [0, 0.05) is 17.3 Å². The summed E-state index contributed by atoms with van der Waals surface area (Å²) in [6.07, 6.45) is 1.35. The van der Waals surface area contributed by atoms with Crippen LogP contribution in [-0.2, 0) is 11.4 Å². The lowest BCUT2D eigenvalue weighted by Gasteiger charge is -2.13. The smallest absolute Gasteiger partial charge is 0.252 e. The third-order valence-corrected chi connectivity index (χ3v) is 4.46. The summed E-state index contributed by atoms with van der Waals surface area (Å²) in [4.78, 5) is 21.8. The van der Waals surface area contributed by atoms with Crippen molar-refractivity contribution in [3.05, 3.63) is 58.9 Å². The Morgan fingerprint density at radius 1 is 1.38 bits per heavy atom. The van der Waals surface area contributed by atoms with Crippen molar-refractivity contribution < 1.29 is 19.5 Å². The maximum Gasteiger partial charge on any atom is 0.252 e. The van der Waals surface area contributed by atoms with Crippen LogP contribution in [0.3, 0.4) is 0 Å². The van der Waals surface area contributed by atoms with Gasteiger partial charge in [-0.15, -0.1) is 0 Å². The molecule has 8 heteroatoms. The number of fused-ring (bicyclic) bond motifs is 1. The number of aliphatic hydroxyl groups excluding tert-OH is 1. The van der Waals surface area contributed by atoms with E-state index in [1.807, 2.05) is 25.1 Å². The molecule has 0 aliphatic carbocycles. The lowest BCUT2D eigenvalue weighted by atomic mass is 10.0. The van der Waals surface area contributed by atoms with Crippen LogP contribution in [0, 0.1) is 0 Å². The molecule has 136 valence electrons. The van der Waals surface area contributed by atoms with Gasteiger partial charge in [0.15, 0.2) is 0 Å². The van der Waals surface area contributed by atoms with Gasteiger partial charge in [0.25, 0.3) is 5.91 Å². The van der Waals surface area contributed by atoms with Crippen LogP contribution in [0.1, 0.15) is 46.3 Å². The van der Waals surface area contributed by atoms with Crippen LogP contribution in [0.25, 0.3) is 0 Å². The molecule has 0 bridgehead atoms. The van der Waals surface area contributed by atoms with E-state index in [4.69, 9.17) is 14.7 Å². The van der Waals surface area contributed by atoms with Gasteiger partial charge in [0.2, 0.25) is 0 Å². The zero-order valence-electron chi connectivity index (χ0n) is 14.2. The third kappa shape index (κ3) is 3.27. The molecule has 0 saturated carbocycles. The fraction of sp³-hybridized carbons (Fsp3) is 0.333. The third-order valence-electron chi connectivity index (χ3n) is 4.46. The summed E-state index contributed by atoms with van der Waals surface area (Å²) in [6.45, 7) is 2.09. The van der Waals surface area contributed by atoms with Crippen LogP contribution >= 0.6 is 0 Å². The number of carbonyl (C=O) groups is 1. The highest BCUT2D eigenvalue weighted by atomic mass is 16.7. The number of aliphatic hydroxyl groups is 1. The highest BCUT2D eigenvalue weighted by molar-refractivity contribution is 5.94. The number of carbonyl (C=O) groups excluding carboxylic acids is 1. The Balaban J connectivity index is 1.48. The average molecular weight is 356 g/mol. The molecule has 1 aromatic heterocycles. The molecule has 0 radical (unpaired) electrons. The molecule has 4 N–H and O–H groups in total. The topological polar surface area (TPSA) is 105 Å². The summed E-state index contributed by atoms with van der Waals surface area (Å²) in [7, 11) is 0. The van der Waals surface area contributed by atoms with Gasteiger partial charge < -0.3 is 15.2 Å². The number of pyridine rings is 1. The molecule has 4 rings (SSSR count). The van der Waals surface area contributed by atoms with Gasteiger partial charge in [-0.1, -0.05) is 12.1 Å². The van der Waals surface area contributed by atoms with Crippen molar-refractivity contribution in [3.8, 4) is 5.75 Å². The number of hydrogen-bond acceptors (Lipinski definition) is 7. The van der Waals surface area contributed by atoms with E-state index in [0.29, 0.717) is 17.9 Å². The summed E-state index contributed by atoms with van der Waals surface area (Å²) in [5, 5.41) is 15.4. The molecule has 1 aromatic carbocycles. The molecule has 0 spiro atoms. The number of nitrogens with zero attached hydrogens (tertiary/aromatic N) is 1. The first-order chi connectivity index (χ1) is 12.6. The molecule has 2 unspecified atom stereocenters. The van der Waals surface area contributed by atoms with Crippen LogP contribution in [0.5, 0.6) is 5.75 Å². The molecule has 2 aliphatic rings. The molecular weight excluding hydrogens is 336 g/mol. The Labute approximate surface area is 150 Å². The Kier molecular flexibility index (Phi) is 4.56. The molecule has 1 saturated heterocycles. The zero-order chi connectivity index (χ0) is 18.1. The average Bonchev–Trinajstić information content (AvgIpc) is 3.28. The van der Waals surface area contributed by atoms with Gasteiger partial charge in [-0.3, -0.25) is 19.9 Å². The standard InChI is InChI=1S/C18H20N4O4/c1-10-20-17(22-26-10)11-2-3-14-15(9-25-16(14)7-11)21-18(24)12-4-5-19-13(6-12)8-23/h2-7,10,15,17,20,22-23H,8-9H2,1H3,(H,21,24)/t10?,15-,17?/m1/s1. The van der Waals surface area contributed by atoms with Crippen LogP contribution < -0.4 is 20.9 Å². The Morgan fingerprint density at radius 2 is 2.27 bits per heavy atom. The van der Waals surface area contributed by atoms with Gasteiger partial charge in [-0.25, -0.2) is 0 Å². The highest BCUT2D eigenvalue weighted by Crippen LogP contribution is 2.34. The van der Waals surface area contributed by atoms with Crippen LogP contribution in [-0.4, -0.2) is 28.8 Å². The monoisotopic (exact) mass is 356 g/mol. The first-order valence-electron chi connectivity index (χ1n) is 8.44. The number of hydrogen-bond donors (Lipinski definition) is 4. The van der Waals surface area contributed by atoms with Gasteiger partial charge in [0.05, 0.1) is 18.3 Å². The molecule has 8 nitrogen and oxygen atoms in total. The second-order valence-electron chi connectivity index (χ2n) is 6.31. The number of aromatic nitrogens is 1. The number of amides is 1. The van der Waals surface area contributed by atoms with Gasteiger partial charge in [0.1, 0.15) is 24.8 Å². The molecule has 3 heterocycles. The number of nitrogens with one attached hydrogen (secondary N) is 3. The molecule has 1 amide bonds. The van der Waals surface area contributed by atoms with E-state index in [-0.39, 0.29) is 30.9 Å². The van der Waals surface area contributed by atoms with E-state index >= 15 is 0 Å². The minimum absolute atomic E-state index is 0.0645. The largest absolute Gasteiger partial charge is 0.491 e. The van der Waals surface area contributed by atoms with Gasteiger partial charge >= 0.3 is 0 Å². The summed E-state index contributed by atoms with van der Waals surface area (Å²) >= 11 is 0. The van der Waals surface area contributed by atoms with Crippen molar-refractivity contribution in [2.24, 2.45) is 0 Å². The van der Waals surface area contributed by atoms with Crippen molar-refractivity contribution in [1.82, 2.24) is 21.1 Å². The van der Waals surface area contributed by atoms with Crippen molar-refractivity contribution in [2.75, 3.05) is 6.61 Å². The van der Waals surface area contributed by atoms with Gasteiger partial charge in [-0.05, 0) is 30.7 Å². The molecular formula is C18H20N4O4. The zero-order valence-corrected chi connectivity index (χ0v) is 14.2. The van der Waals surface area contributed by atoms with Crippen molar-refractivity contribution >= 4 is 5.91 Å². The minimum atomic E-state index is -0.228. The van der Waals surface area contributed by atoms with E-state index in [2.05, 4.69) is 21.1 Å². The van der Waals surface area contributed by atoms with Crippen molar-refractivity contribution in [2.45, 2.75) is 32.0 Å². The normalized spacial score (nSPS) is 24.2. The second-order valence-corrected chi connectivity index (χ2v) is 6.31. The molecule has 26 heavy (non-hydrogen) atoms. The predicted molar refractivity (Wildman–Crippen MR) is 91.9 cm³/mol. The summed E-state index contributed by atoms with van der Waals surface area (Å²) in [5.74, 6) is 0.524. The first kappa shape index (κ1) is 16.9. The SMILES string of the molecule is CC1NC(c2ccc3c(c2)OC[C@H]3NC(=O)c2ccnc(CO)c2)NO1. The van der Waals surface area contributed by atoms with Crippen LogP contribution in [0.15, 0.2) is 36.5 Å². The summed E-state index contributed by atoms with van der Waals surface area (Å²) in [5.41, 5.74) is 5.78. The maximum atomic E-state index is 12.5. The number of rotatable bonds is 4. The van der Waals surface area contributed by atoms with E-state index < -0.39 is 0 Å². The van der Waals surface area contributed by atoms with Gasteiger partial charge in [-0.2, -0.15) is 5.48 Å². The van der Waals surface area contributed by atoms with E-state index in [9.17, 15) is 4.79 Å². The van der Waals surface area contributed by atoms with E-state index in [0.717, 1.165) is 16.9 Å². The summed E-state index contributed by atoms with van der Waals surface area (Å²) < 4.78 is 5.76. The van der Waals surface area contributed by atoms with Crippen molar-refractivity contribution in [1.29, 1.82) is 0 Å². The number of ether oxygens (including phenoxy) is 1. The summed E-state index contributed by atoms with van der Waals surface area (Å²) in [6, 6.07) is 8.86. The number of hydroxylamine groups is 1. The quantitative estimate of drug-likeness (QED) is 0.645. The molecule has 1 fully saturated rings. The number of benzene rings is 1. The fourth-order valence-electron chi connectivity index (χ4n) is 3.11.